The van der Waals surface area contributed by atoms with Gasteiger partial charge in [0.15, 0.2) is 0 Å². The molecule has 2 atom stereocenters. The van der Waals surface area contributed by atoms with E-state index in [-0.39, 0.29) is 19.1 Å². The van der Waals surface area contributed by atoms with E-state index in [1.165, 1.54) is 6.66 Å². The van der Waals surface area contributed by atoms with Crippen molar-refractivity contribution in [3.8, 4) is 0 Å². The van der Waals surface area contributed by atoms with Crippen LogP contribution in [0.4, 0.5) is 0 Å². The molecule has 1 rings (SSSR count). The van der Waals surface area contributed by atoms with Crippen LogP contribution in [0.3, 0.4) is 0 Å². The third-order valence-corrected chi connectivity index (χ3v) is 7.38. The fourth-order valence-electron chi connectivity index (χ4n) is 2.85. The van der Waals surface area contributed by atoms with Gasteiger partial charge in [0.1, 0.15) is 0 Å². The third kappa shape index (κ3) is 15.4. The van der Waals surface area contributed by atoms with E-state index < -0.39 is 20.9 Å². The van der Waals surface area contributed by atoms with Crippen LogP contribution in [0.15, 0.2) is 6.20 Å². The van der Waals surface area contributed by atoms with Gasteiger partial charge in [-0.1, -0.05) is 31.9 Å². The molecule has 0 saturated heterocycles. The second-order valence-electron chi connectivity index (χ2n) is 8.43. The van der Waals surface area contributed by atoms with Crippen LogP contribution in [0.1, 0.15) is 70.9 Å². The van der Waals surface area contributed by atoms with Gasteiger partial charge in [-0.05, 0) is 38.5 Å². The molecule has 3 N–H and O–H groups in total. The van der Waals surface area contributed by atoms with Crippen LogP contribution in [-0.4, -0.2) is 62.8 Å². The van der Waals surface area contributed by atoms with Gasteiger partial charge in [0.05, 0.1) is 24.6 Å². The van der Waals surface area contributed by atoms with Crippen LogP contribution in [0, 0.1) is 0 Å². The summed E-state index contributed by atoms with van der Waals surface area (Å²) in [4.78, 5) is 30.5. The minimum Gasteiger partial charge on any atom is -0.356 e. The molecule has 0 aliphatic rings. The first kappa shape index (κ1) is 29.9. The maximum Gasteiger partial charge on any atom is 0.330 e. The minimum atomic E-state index is -3.50. The lowest BCUT2D eigenvalue weighted by molar-refractivity contribution is -0.121. The van der Waals surface area contributed by atoms with Crippen molar-refractivity contribution in [3.63, 3.8) is 0 Å². The molecule has 13 heteroatoms. The molecule has 2 unspecified atom stereocenters. The summed E-state index contributed by atoms with van der Waals surface area (Å²) in [7, 11) is -6.88. The van der Waals surface area contributed by atoms with E-state index >= 15 is 0 Å². The highest BCUT2D eigenvalue weighted by Crippen LogP contribution is 2.47. The number of rotatable bonds is 19. The first-order valence-corrected chi connectivity index (χ1v) is 15.2. The van der Waals surface area contributed by atoms with E-state index in [0.29, 0.717) is 38.8 Å². The molecule has 0 aliphatic carbocycles. The Morgan fingerprint density at radius 1 is 1.06 bits per heavy atom. The summed E-state index contributed by atoms with van der Waals surface area (Å²) in [6.45, 7) is 6.25. The standard InChI is InChI=1S/C20H40N4O7P2/c1-18(2)33(28,29)31-16-9-6-11-19-17-24(23-22-19)14-10-12-20(25)21-13-7-4-5-8-15-30-32(3,26)27/h17-18H,4-16H2,1-3H3,(H,21,25)(H,26,27)(H,28,29). The zero-order valence-electron chi connectivity index (χ0n) is 20.0. The van der Waals surface area contributed by atoms with Crippen molar-refractivity contribution in [3.05, 3.63) is 11.9 Å². The average molecular weight is 511 g/mol. The Morgan fingerprint density at radius 3 is 2.42 bits per heavy atom. The van der Waals surface area contributed by atoms with E-state index in [1.807, 2.05) is 6.20 Å². The lowest BCUT2D eigenvalue weighted by Gasteiger charge is -2.14. The number of nitrogens with zero attached hydrogens (tertiary/aromatic N) is 3. The summed E-state index contributed by atoms with van der Waals surface area (Å²) in [6.07, 6.45) is 8.51. The van der Waals surface area contributed by atoms with Gasteiger partial charge < -0.3 is 24.2 Å². The SMILES string of the molecule is CC(C)P(=O)(O)OCCCCc1cn(CCCC(=O)NCCCCCCOP(C)(=O)O)nn1. The number of carbonyl (C=O) groups is 1. The number of unbranched alkanes of at least 4 members (excludes halogenated alkanes) is 4. The molecule has 1 amide bonds. The van der Waals surface area contributed by atoms with E-state index in [0.717, 1.165) is 37.8 Å². The monoisotopic (exact) mass is 510 g/mol. The van der Waals surface area contributed by atoms with Gasteiger partial charge in [-0.15, -0.1) is 5.10 Å². The van der Waals surface area contributed by atoms with Crippen molar-refractivity contribution in [2.75, 3.05) is 26.4 Å². The molecule has 0 radical (unpaired) electrons. The highest BCUT2D eigenvalue weighted by Gasteiger charge is 2.23. The molecular weight excluding hydrogens is 470 g/mol. The number of hydrogen-bond acceptors (Lipinski definition) is 7. The molecule has 0 aromatic carbocycles. The fraction of sp³-hybridized carbons (Fsp3) is 0.850. The Labute approximate surface area is 196 Å². The molecule has 33 heavy (non-hydrogen) atoms. The van der Waals surface area contributed by atoms with Crippen LogP contribution < -0.4 is 5.32 Å². The second-order valence-corrected chi connectivity index (χ2v) is 12.7. The molecule has 0 fully saturated rings. The number of carbonyl (C=O) groups excluding carboxylic acids is 1. The lowest BCUT2D eigenvalue weighted by atomic mass is 10.2. The number of nitrogens with one attached hydrogen (secondary N) is 1. The fourth-order valence-corrected chi connectivity index (χ4v) is 4.00. The van der Waals surface area contributed by atoms with Crippen LogP contribution >= 0.6 is 15.2 Å². The smallest absolute Gasteiger partial charge is 0.330 e. The molecule has 0 bridgehead atoms. The maximum atomic E-state index is 11.9. The van der Waals surface area contributed by atoms with Crippen molar-refractivity contribution in [1.82, 2.24) is 20.3 Å². The van der Waals surface area contributed by atoms with Gasteiger partial charge in [0.2, 0.25) is 5.91 Å². The van der Waals surface area contributed by atoms with Gasteiger partial charge in [-0.25, -0.2) is 0 Å². The van der Waals surface area contributed by atoms with E-state index in [2.05, 4.69) is 15.6 Å². The largest absolute Gasteiger partial charge is 0.356 e. The van der Waals surface area contributed by atoms with Gasteiger partial charge >= 0.3 is 15.2 Å². The van der Waals surface area contributed by atoms with Crippen LogP contribution in [0.2, 0.25) is 0 Å². The highest BCUT2D eigenvalue weighted by molar-refractivity contribution is 7.53. The number of aromatic nitrogens is 3. The summed E-state index contributed by atoms with van der Waals surface area (Å²) in [5, 5.41) is 11.1. The first-order chi connectivity index (χ1) is 15.5. The zero-order valence-corrected chi connectivity index (χ0v) is 21.8. The van der Waals surface area contributed by atoms with Crippen LogP contribution in [-0.2, 0) is 35.9 Å². The van der Waals surface area contributed by atoms with Gasteiger partial charge in [0.25, 0.3) is 0 Å². The van der Waals surface area contributed by atoms with Crippen LogP contribution in [0.5, 0.6) is 0 Å². The molecule has 0 saturated carbocycles. The van der Waals surface area contributed by atoms with E-state index in [9.17, 15) is 18.8 Å². The Bertz CT molecular complexity index is 782. The maximum absolute atomic E-state index is 11.9. The lowest BCUT2D eigenvalue weighted by Crippen LogP contribution is -2.24. The quantitative estimate of drug-likeness (QED) is 0.187. The van der Waals surface area contributed by atoms with Crippen molar-refractivity contribution >= 4 is 21.1 Å². The summed E-state index contributed by atoms with van der Waals surface area (Å²) in [6, 6.07) is 0. The van der Waals surface area contributed by atoms with Crippen molar-refractivity contribution < 1.29 is 32.8 Å². The van der Waals surface area contributed by atoms with Gasteiger partial charge in [-0.3, -0.25) is 18.6 Å². The number of aryl methyl sites for hydroxylation is 2. The highest BCUT2D eigenvalue weighted by atomic mass is 31.2. The molecule has 0 aliphatic heterocycles. The van der Waals surface area contributed by atoms with E-state index in [1.54, 1.807) is 18.5 Å². The Morgan fingerprint density at radius 2 is 1.73 bits per heavy atom. The molecule has 1 aromatic rings. The summed E-state index contributed by atoms with van der Waals surface area (Å²) < 4.78 is 34.3. The zero-order chi connectivity index (χ0) is 24.7. The van der Waals surface area contributed by atoms with Crippen molar-refractivity contribution in [1.29, 1.82) is 0 Å². The van der Waals surface area contributed by atoms with Crippen molar-refractivity contribution in [2.24, 2.45) is 0 Å². The average Bonchev–Trinajstić information content (AvgIpc) is 3.16. The predicted octanol–water partition coefficient (Wildman–Crippen LogP) is 3.50. The molecule has 1 aromatic heterocycles. The van der Waals surface area contributed by atoms with Gasteiger partial charge in [-0.2, -0.15) is 0 Å². The third-order valence-electron chi connectivity index (χ3n) is 4.86. The summed E-state index contributed by atoms with van der Waals surface area (Å²) in [5.74, 6) is 0.00782. The predicted molar refractivity (Wildman–Crippen MR) is 126 cm³/mol. The van der Waals surface area contributed by atoms with Crippen LogP contribution in [0.25, 0.3) is 0 Å². The molecule has 192 valence electrons. The number of hydrogen-bond donors (Lipinski definition) is 3. The molecule has 0 spiro atoms. The number of amides is 1. The topological polar surface area (TPSA) is 153 Å². The molecular formula is C20H40N4O7P2. The second kappa shape index (κ2) is 15.7. The first-order valence-electron chi connectivity index (χ1n) is 11.6. The summed E-state index contributed by atoms with van der Waals surface area (Å²) >= 11 is 0. The van der Waals surface area contributed by atoms with Crippen molar-refractivity contribution in [2.45, 2.75) is 83.8 Å². The molecule has 1 heterocycles. The van der Waals surface area contributed by atoms with Gasteiger partial charge in [0, 0.05) is 32.4 Å². The minimum absolute atomic E-state index is 0.00782. The Kier molecular flexibility index (Phi) is 14.3. The Balaban J connectivity index is 2.04. The summed E-state index contributed by atoms with van der Waals surface area (Å²) in [5.41, 5.74) is 0.448. The molecule has 11 nitrogen and oxygen atoms in total. The normalized spacial score (nSPS) is 15.3. The van der Waals surface area contributed by atoms with E-state index in [4.69, 9.17) is 13.9 Å². The Hall–Kier alpha value is -1.09.